The van der Waals surface area contributed by atoms with Crippen LogP contribution in [-0.4, -0.2) is 34.2 Å². The molecule has 1 aliphatic rings. The molecule has 0 aliphatic carbocycles. The highest BCUT2D eigenvalue weighted by atomic mass is 16.1. The maximum Gasteiger partial charge on any atom is 0.135 e. The summed E-state index contributed by atoms with van der Waals surface area (Å²) in [5.74, 6) is 0.157. The van der Waals surface area contributed by atoms with E-state index in [4.69, 9.17) is 0 Å². The summed E-state index contributed by atoms with van der Waals surface area (Å²) < 4.78 is 0. The number of hydrogen-bond donors (Lipinski definition) is 0. The first-order chi connectivity index (χ1) is 7.16. The summed E-state index contributed by atoms with van der Waals surface area (Å²) in [6.07, 6.45) is 2.96. The van der Waals surface area contributed by atoms with Crippen molar-refractivity contribution in [3.8, 4) is 0 Å². The van der Waals surface area contributed by atoms with Gasteiger partial charge in [0.15, 0.2) is 0 Å². The van der Waals surface area contributed by atoms with Crippen LogP contribution in [0.15, 0.2) is 6.33 Å². The average Bonchev–Trinajstić information content (AvgIpc) is 2.18. The Kier molecular flexibility index (Phi) is 2.77. The van der Waals surface area contributed by atoms with Gasteiger partial charge >= 0.3 is 0 Å². The normalized spacial score (nSPS) is 16.1. The van der Waals surface area contributed by atoms with Crippen LogP contribution < -0.4 is 0 Å². The van der Waals surface area contributed by atoms with Crippen LogP contribution in [0.25, 0.3) is 0 Å². The third-order valence-corrected chi connectivity index (χ3v) is 2.70. The molecule has 0 saturated carbocycles. The van der Waals surface area contributed by atoms with E-state index >= 15 is 0 Å². The Balaban J connectivity index is 2.35. The lowest BCUT2D eigenvalue weighted by Crippen LogP contribution is -2.29. The lowest BCUT2D eigenvalue weighted by atomic mass is 10.0. The molecule has 0 unspecified atom stereocenters. The molecule has 1 aliphatic heterocycles. The molecule has 0 N–H and O–H groups in total. The average molecular weight is 205 g/mol. The minimum absolute atomic E-state index is 0.157. The Morgan fingerprint density at radius 1 is 1.53 bits per heavy atom. The van der Waals surface area contributed by atoms with Gasteiger partial charge in [-0.1, -0.05) is 0 Å². The van der Waals surface area contributed by atoms with Gasteiger partial charge < -0.3 is 4.90 Å². The summed E-state index contributed by atoms with van der Waals surface area (Å²) in [4.78, 5) is 21.8. The number of carbonyl (C=O) groups is 1. The van der Waals surface area contributed by atoms with Gasteiger partial charge in [-0.15, -0.1) is 0 Å². The van der Waals surface area contributed by atoms with Gasteiger partial charge in [-0.05, 0) is 14.0 Å². The maximum absolute atomic E-state index is 11.1. The number of rotatable bonds is 2. The molecule has 2 rings (SSSR count). The molecular weight excluding hydrogens is 190 g/mol. The maximum atomic E-state index is 11.1. The molecule has 0 radical (unpaired) electrons. The van der Waals surface area contributed by atoms with Crippen molar-refractivity contribution in [2.45, 2.75) is 26.3 Å². The molecule has 1 aromatic heterocycles. The zero-order valence-corrected chi connectivity index (χ0v) is 9.16. The Morgan fingerprint density at radius 2 is 2.33 bits per heavy atom. The van der Waals surface area contributed by atoms with E-state index in [9.17, 15) is 4.79 Å². The van der Waals surface area contributed by atoms with E-state index in [0.29, 0.717) is 6.42 Å². The highest BCUT2D eigenvalue weighted by Gasteiger charge is 2.18. The number of fused-ring (bicyclic) bond motifs is 1. The van der Waals surface area contributed by atoms with Crippen LogP contribution in [0, 0.1) is 0 Å². The van der Waals surface area contributed by atoms with Crippen LogP contribution >= 0.6 is 0 Å². The summed E-state index contributed by atoms with van der Waals surface area (Å²) in [5, 5.41) is 0. The Hall–Kier alpha value is -1.29. The van der Waals surface area contributed by atoms with Gasteiger partial charge in [-0.25, -0.2) is 9.97 Å². The molecule has 0 amide bonds. The Labute approximate surface area is 89.3 Å². The molecular formula is C11H15N3O. The molecule has 0 bridgehead atoms. The molecule has 0 saturated heterocycles. The summed E-state index contributed by atoms with van der Waals surface area (Å²) >= 11 is 0. The van der Waals surface area contributed by atoms with Crippen molar-refractivity contribution in [3.05, 3.63) is 23.3 Å². The lowest BCUT2D eigenvalue weighted by molar-refractivity contribution is -0.116. The molecule has 80 valence electrons. The smallest absolute Gasteiger partial charge is 0.135 e. The van der Waals surface area contributed by atoms with E-state index in [1.807, 2.05) is 0 Å². The largest absolute Gasteiger partial charge is 0.302 e. The zero-order valence-electron chi connectivity index (χ0n) is 9.16. The van der Waals surface area contributed by atoms with Crippen molar-refractivity contribution in [3.63, 3.8) is 0 Å². The SMILES string of the molecule is CC(=O)Cc1ncnc2c1CN(C)CC2. The summed E-state index contributed by atoms with van der Waals surface area (Å²) in [6.45, 7) is 3.49. The van der Waals surface area contributed by atoms with Crippen LogP contribution in [0.1, 0.15) is 23.9 Å². The fourth-order valence-electron chi connectivity index (χ4n) is 1.92. The Bertz CT molecular complexity index is 389. The third kappa shape index (κ3) is 2.21. The summed E-state index contributed by atoms with van der Waals surface area (Å²) in [7, 11) is 2.08. The highest BCUT2D eigenvalue weighted by Crippen LogP contribution is 2.18. The van der Waals surface area contributed by atoms with Crippen molar-refractivity contribution in [1.29, 1.82) is 0 Å². The summed E-state index contributed by atoms with van der Waals surface area (Å²) in [5.41, 5.74) is 3.17. The molecule has 4 nitrogen and oxygen atoms in total. The molecule has 0 aromatic carbocycles. The number of likely N-dealkylation sites (N-methyl/N-ethyl adjacent to an activating group) is 1. The van der Waals surface area contributed by atoms with Gasteiger partial charge in [0.25, 0.3) is 0 Å². The quantitative estimate of drug-likeness (QED) is 0.709. The number of ketones is 1. The molecule has 15 heavy (non-hydrogen) atoms. The monoisotopic (exact) mass is 205 g/mol. The van der Waals surface area contributed by atoms with Crippen LogP contribution in [0.4, 0.5) is 0 Å². The second-order valence-corrected chi connectivity index (χ2v) is 4.11. The van der Waals surface area contributed by atoms with Crippen molar-refractivity contribution in [2.24, 2.45) is 0 Å². The van der Waals surface area contributed by atoms with Crippen LogP contribution in [-0.2, 0) is 24.2 Å². The third-order valence-electron chi connectivity index (χ3n) is 2.70. The van der Waals surface area contributed by atoms with Crippen LogP contribution in [0.5, 0.6) is 0 Å². The van der Waals surface area contributed by atoms with Crippen LogP contribution in [0.3, 0.4) is 0 Å². The fraction of sp³-hybridized carbons (Fsp3) is 0.545. The summed E-state index contributed by atoms with van der Waals surface area (Å²) in [6, 6.07) is 0. The van der Waals surface area contributed by atoms with E-state index in [-0.39, 0.29) is 5.78 Å². The predicted molar refractivity (Wildman–Crippen MR) is 56.5 cm³/mol. The van der Waals surface area contributed by atoms with Gasteiger partial charge in [0, 0.05) is 37.2 Å². The lowest BCUT2D eigenvalue weighted by Gasteiger charge is -2.25. The molecule has 2 heterocycles. The second kappa shape index (κ2) is 4.06. The van der Waals surface area contributed by atoms with Crippen molar-refractivity contribution < 1.29 is 4.79 Å². The standard InChI is InChI=1S/C11H15N3O/c1-8(15)5-11-9-6-14(2)4-3-10(9)12-7-13-11/h7H,3-6H2,1-2H3. The first-order valence-electron chi connectivity index (χ1n) is 5.16. The number of carbonyl (C=O) groups excluding carboxylic acids is 1. The van der Waals surface area contributed by atoms with Gasteiger partial charge in [-0.2, -0.15) is 0 Å². The van der Waals surface area contributed by atoms with E-state index < -0.39 is 0 Å². The Morgan fingerprint density at radius 3 is 3.07 bits per heavy atom. The highest BCUT2D eigenvalue weighted by molar-refractivity contribution is 5.78. The second-order valence-electron chi connectivity index (χ2n) is 4.11. The van der Waals surface area contributed by atoms with E-state index in [0.717, 1.165) is 36.5 Å². The number of Topliss-reactive ketones (excluding diaryl/α,β-unsaturated/α-hetero) is 1. The van der Waals surface area contributed by atoms with Gasteiger partial charge in [-0.3, -0.25) is 4.79 Å². The van der Waals surface area contributed by atoms with Crippen molar-refractivity contribution in [2.75, 3.05) is 13.6 Å². The first-order valence-corrected chi connectivity index (χ1v) is 5.16. The molecule has 0 spiro atoms. The fourth-order valence-corrected chi connectivity index (χ4v) is 1.92. The molecule has 0 fully saturated rings. The van der Waals surface area contributed by atoms with Crippen molar-refractivity contribution in [1.82, 2.24) is 14.9 Å². The topological polar surface area (TPSA) is 46.1 Å². The van der Waals surface area contributed by atoms with Crippen LogP contribution in [0.2, 0.25) is 0 Å². The minimum Gasteiger partial charge on any atom is -0.302 e. The number of nitrogens with zero attached hydrogens (tertiary/aromatic N) is 3. The molecule has 0 atom stereocenters. The first kappa shape index (κ1) is 10.2. The number of hydrogen-bond acceptors (Lipinski definition) is 4. The van der Waals surface area contributed by atoms with Crippen molar-refractivity contribution >= 4 is 5.78 Å². The minimum atomic E-state index is 0.157. The molecule has 1 aromatic rings. The van der Waals surface area contributed by atoms with E-state index in [1.54, 1.807) is 13.3 Å². The van der Waals surface area contributed by atoms with E-state index in [1.165, 1.54) is 0 Å². The van der Waals surface area contributed by atoms with Gasteiger partial charge in [0.05, 0.1) is 5.69 Å². The van der Waals surface area contributed by atoms with Gasteiger partial charge in [0.2, 0.25) is 0 Å². The van der Waals surface area contributed by atoms with Gasteiger partial charge in [0.1, 0.15) is 12.1 Å². The predicted octanol–water partition coefficient (Wildman–Crippen LogP) is 0.596. The van der Waals surface area contributed by atoms with E-state index in [2.05, 4.69) is 21.9 Å². The zero-order chi connectivity index (χ0) is 10.8. The number of aromatic nitrogens is 2. The molecule has 4 heteroatoms.